The molecule has 0 saturated carbocycles. The standard InChI is InChI=1S/C16H17ClO5/c17-11-5-7-12(8-6-11)21-9-3-1-2-4-13(18)15-14(19)10-22-16(15)20/h5-8,15H,1-4,9-10H2. The number of esters is 1. The smallest absolute Gasteiger partial charge is 0.324 e. The second-order valence-electron chi connectivity index (χ2n) is 5.09. The van der Waals surface area contributed by atoms with Gasteiger partial charge in [-0.25, -0.2) is 0 Å². The van der Waals surface area contributed by atoms with E-state index >= 15 is 0 Å². The molecule has 1 aromatic carbocycles. The predicted octanol–water partition coefficient (Wildman–Crippen LogP) is 2.59. The summed E-state index contributed by atoms with van der Waals surface area (Å²) in [5.74, 6) is -1.92. The first-order chi connectivity index (χ1) is 10.6. The van der Waals surface area contributed by atoms with Crippen molar-refractivity contribution < 1.29 is 23.9 Å². The van der Waals surface area contributed by atoms with Crippen molar-refractivity contribution in [3.05, 3.63) is 29.3 Å². The van der Waals surface area contributed by atoms with E-state index in [1.807, 2.05) is 0 Å². The number of Topliss-reactive ketones (excluding diaryl/α,β-unsaturated/α-hetero) is 2. The van der Waals surface area contributed by atoms with Gasteiger partial charge in [-0.15, -0.1) is 0 Å². The van der Waals surface area contributed by atoms with Crippen molar-refractivity contribution in [3.8, 4) is 5.75 Å². The molecule has 0 aromatic heterocycles. The minimum atomic E-state index is -1.19. The third-order valence-electron chi connectivity index (χ3n) is 3.39. The molecule has 1 atom stereocenters. The Kier molecular flexibility index (Phi) is 5.95. The number of hydrogen-bond donors (Lipinski definition) is 0. The molecule has 0 amide bonds. The lowest BCUT2D eigenvalue weighted by Gasteiger charge is -2.06. The lowest BCUT2D eigenvalue weighted by molar-refractivity contribution is -0.144. The molecule has 1 aliphatic rings. The van der Waals surface area contributed by atoms with Crippen molar-refractivity contribution in [1.82, 2.24) is 0 Å². The van der Waals surface area contributed by atoms with Gasteiger partial charge in [0.05, 0.1) is 6.61 Å². The Bertz CT molecular complexity index is 536. The molecule has 0 radical (unpaired) electrons. The molecular weight excluding hydrogens is 308 g/mol. The lowest BCUT2D eigenvalue weighted by atomic mass is 9.97. The van der Waals surface area contributed by atoms with Gasteiger partial charge < -0.3 is 9.47 Å². The van der Waals surface area contributed by atoms with Gasteiger partial charge in [-0.3, -0.25) is 14.4 Å². The number of benzene rings is 1. The zero-order valence-electron chi connectivity index (χ0n) is 12.0. The Morgan fingerprint density at radius 2 is 1.91 bits per heavy atom. The van der Waals surface area contributed by atoms with E-state index in [4.69, 9.17) is 16.3 Å². The van der Waals surface area contributed by atoms with Crippen molar-refractivity contribution in [2.24, 2.45) is 5.92 Å². The number of halogens is 1. The highest BCUT2D eigenvalue weighted by molar-refractivity contribution is 6.30. The molecular formula is C16H17ClO5. The van der Waals surface area contributed by atoms with Gasteiger partial charge in [-0.1, -0.05) is 11.6 Å². The van der Waals surface area contributed by atoms with E-state index in [2.05, 4.69) is 4.74 Å². The van der Waals surface area contributed by atoms with Gasteiger partial charge in [0.15, 0.2) is 24.1 Å². The second kappa shape index (κ2) is 7.94. The number of hydrogen-bond acceptors (Lipinski definition) is 5. The van der Waals surface area contributed by atoms with Crippen LogP contribution >= 0.6 is 11.6 Å². The van der Waals surface area contributed by atoms with Crippen LogP contribution in [0.1, 0.15) is 25.7 Å². The van der Waals surface area contributed by atoms with Gasteiger partial charge in [0.25, 0.3) is 0 Å². The van der Waals surface area contributed by atoms with Crippen molar-refractivity contribution in [2.45, 2.75) is 25.7 Å². The van der Waals surface area contributed by atoms with Gasteiger partial charge in [-0.05, 0) is 43.5 Å². The summed E-state index contributed by atoms with van der Waals surface area (Å²) in [5, 5.41) is 0.658. The molecule has 5 nitrogen and oxygen atoms in total. The summed E-state index contributed by atoms with van der Waals surface area (Å²) in [6.45, 7) is 0.268. The van der Waals surface area contributed by atoms with Crippen LogP contribution in [-0.4, -0.2) is 30.7 Å². The highest BCUT2D eigenvalue weighted by Gasteiger charge is 2.40. The van der Waals surface area contributed by atoms with Crippen LogP contribution in [0.25, 0.3) is 0 Å². The molecule has 2 rings (SSSR count). The largest absolute Gasteiger partial charge is 0.494 e. The van der Waals surface area contributed by atoms with Gasteiger partial charge in [0, 0.05) is 11.4 Å². The molecule has 0 aliphatic carbocycles. The maximum absolute atomic E-state index is 11.8. The zero-order valence-corrected chi connectivity index (χ0v) is 12.8. The van der Waals surface area contributed by atoms with Gasteiger partial charge >= 0.3 is 5.97 Å². The molecule has 1 fully saturated rings. The predicted molar refractivity (Wildman–Crippen MR) is 79.9 cm³/mol. The molecule has 0 N–H and O–H groups in total. The summed E-state index contributed by atoms with van der Waals surface area (Å²) < 4.78 is 10.1. The Morgan fingerprint density at radius 3 is 2.55 bits per heavy atom. The Hall–Kier alpha value is -1.88. The lowest BCUT2D eigenvalue weighted by Crippen LogP contribution is -2.25. The molecule has 0 spiro atoms. The summed E-state index contributed by atoms with van der Waals surface area (Å²) in [7, 11) is 0. The third kappa shape index (κ3) is 4.56. The topological polar surface area (TPSA) is 69.7 Å². The Labute approximate surface area is 133 Å². The Morgan fingerprint density at radius 1 is 1.18 bits per heavy atom. The van der Waals surface area contributed by atoms with Crippen molar-refractivity contribution in [3.63, 3.8) is 0 Å². The average molecular weight is 325 g/mol. The number of cyclic esters (lactones) is 1. The zero-order chi connectivity index (χ0) is 15.9. The number of carbonyl (C=O) groups is 3. The van der Waals surface area contributed by atoms with Gasteiger partial charge in [0.2, 0.25) is 0 Å². The first-order valence-corrected chi connectivity index (χ1v) is 7.56. The number of ketones is 2. The number of unbranched alkanes of at least 4 members (excludes halogenated alkanes) is 2. The van der Waals surface area contributed by atoms with Crippen LogP contribution in [-0.2, 0) is 19.1 Å². The summed E-state index contributed by atoms with van der Waals surface area (Å²) in [5.41, 5.74) is 0. The fourth-order valence-corrected chi connectivity index (χ4v) is 2.32. The first-order valence-electron chi connectivity index (χ1n) is 7.18. The molecule has 6 heteroatoms. The van der Waals surface area contributed by atoms with Crippen LogP contribution in [0, 0.1) is 5.92 Å². The third-order valence-corrected chi connectivity index (χ3v) is 3.64. The summed E-state index contributed by atoms with van der Waals surface area (Å²) in [6.07, 6.45) is 2.42. The van der Waals surface area contributed by atoms with Crippen LogP contribution in [0.3, 0.4) is 0 Å². The van der Waals surface area contributed by atoms with E-state index in [0.717, 1.165) is 18.6 Å². The highest BCUT2D eigenvalue weighted by atomic mass is 35.5. The highest BCUT2D eigenvalue weighted by Crippen LogP contribution is 2.17. The molecule has 1 heterocycles. The second-order valence-corrected chi connectivity index (χ2v) is 5.52. The van der Waals surface area contributed by atoms with Gasteiger partial charge in [0.1, 0.15) is 5.75 Å². The Balaban J connectivity index is 1.59. The molecule has 0 bridgehead atoms. The first kappa shape index (κ1) is 16.5. The fraction of sp³-hybridized carbons (Fsp3) is 0.438. The molecule has 1 aromatic rings. The van der Waals surface area contributed by atoms with Crippen LogP contribution < -0.4 is 4.74 Å². The van der Waals surface area contributed by atoms with E-state index in [-0.39, 0.29) is 18.8 Å². The summed E-state index contributed by atoms with van der Waals surface area (Å²) in [6, 6.07) is 7.10. The number of carbonyl (C=O) groups excluding carboxylic acids is 3. The molecule has 22 heavy (non-hydrogen) atoms. The molecule has 1 unspecified atom stereocenters. The summed E-state index contributed by atoms with van der Waals surface area (Å²) >= 11 is 5.77. The van der Waals surface area contributed by atoms with E-state index in [9.17, 15) is 14.4 Å². The van der Waals surface area contributed by atoms with Crippen LogP contribution in [0.4, 0.5) is 0 Å². The fourth-order valence-electron chi connectivity index (χ4n) is 2.19. The van der Waals surface area contributed by atoms with E-state index < -0.39 is 17.7 Å². The maximum Gasteiger partial charge on any atom is 0.324 e. The summed E-state index contributed by atoms with van der Waals surface area (Å²) in [4.78, 5) is 34.4. The van der Waals surface area contributed by atoms with E-state index in [0.29, 0.717) is 18.1 Å². The quantitative estimate of drug-likeness (QED) is 0.417. The van der Waals surface area contributed by atoms with Crippen molar-refractivity contribution in [1.29, 1.82) is 0 Å². The minimum absolute atomic E-state index is 0.215. The van der Waals surface area contributed by atoms with E-state index in [1.54, 1.807) is 24.3 Å². The van der Waals surface area contributed by atoms with Gasteiger partial charge in [-0.2, -0.15) is 0 Å². The monoisotopic (exact) mass is 324 g/mol. The average Bonchev–Trinajstić information content (AvgIpc) is 2.83. The van der Waals surface area contributed by atoms with E-state index in [1.165, 1.54) is 0 Å². The van der Waals surface area contributed by atoms with Crippen LogP contribution in [0.2, 0.25) is 5.02 Å². The number of ether oxygens (including phenoxy) is 2. The minimum Gasteiger partial charge on any atom is -0.494 e. The molecule has 118 valence electrons. The van der Waals surface area contributed by atoms with Crippen LogP contribution in [0.15, 0.2) is 24.3 Å². The normalized spacial score (nSPS) is 17.4. The molecule has 1 aliphatic heterocycles. The van der Waals surface area contributed by atoms with Crippen molar-refractivity contribution >= 4 is 29.1 Å². The maximum atomic E-state index is 11.8. The SMILES string of the molecule is O=C(CCCCCOc1ccc(Cl)cc1)C1C(=O)COC1=O. The molecule has 1 saturated heterocycles. The number of rotatable bonds is 8. The van der Waals surface area contributed by atoms with Crippen LogP contribution in [0.5, 0.6) is 5.75 Å². The van der Waals surface area contributed by atoms with Crippen molar-refractivity contribution in [2.75, 3.05) is 13.2 Å².